The summed E-state index contributed by atoms with van der Waals surface area (Å²) >= 11 is 6.12. The van der Waals surface area contributed by atoms with Crippen LogP contribution in [0.3, 0.4) is 0 Å². The summed E-state index contributed by atoms with van der Waals surface area (Å²) in [5, 5.41) is 3.53. The number of halogens is 1. The minimum absolute atomic E-state index is 0.00810. The average Bonchev–Trinajstić information content (AvgIpc) is 2.69. The second-order valence-electron chi connectivity index (χ2n) is 5.93. The van der Waals surface area contributed by atoms with Gasteiger partial charge in [0.25, 0.3) is 0 Å². The number of methoxy groups -OCH3 is 1. The molecular weight excluding hydrogens is 374 g/mol. The molecule has 9 heteroatoms. The van der Waals surface area contributed by atoms with E-state index in [9.17, 15) is 14.4 Å². The van der Waals surface area contributed by atoms with Gasteiger partial charge < -0.3 is 24.6 Å². The van der Waals surface area contributed by atoms with Crippen molar-refractivity contribution in [3.63, 3.8) is 0 Å². The number of ether oxygens (including phenoxy) is 2. The first kappa shape index (κ1) is 20.8. The van der Waals surface area contributed by atoms with E-state index >= 15 is 0 Å². The number of anilines is 1. The van der Waals surface area contributed by atoms with Gasteiger partial charge in [0, 0.05) is 39.1 Å². The molecule has 2 amide bonds. The van der Waals surface area contributed by atoms with E-state index in [4.69, 9.17) is 16.3 Å². The van der Waals surface area contributed by atoms with Crippen molar-refractivity contribution in [2.45, 2.75) is 13.3 Å². The van der Waals surface area contributed by atoms with Gasteiger partial charge in [-0.3, -0.25) is 4.79 Å². The first-order chi connectivity index (χ1) is 13.0. The normalized spacial score (nSPS) is 13.9. The largest absolute Gasteiger partial charge is 0.465 e. The maximum absolute atomic E-state index is 12.3. The number of nitrogens with one attached hydrogen (secondary N) is 1. The molecule has 1 heterocycles. The molecule has 1 aliphatic rings. The van der Waals surface area contributed by atoms with Crippen LogP contribution in [-0.4, -0.2) is 74.2 Å². The standard InChI is InChI=1S/C18H24ClN3O5/c1-3-27-18(25)22-10-8-21(9-11-22)16(23)6-7-20-15-12-13(17(24)26-2)4-5-14(15)19/h4-5,12,20H,3,6-11H2,1-2H3. The summed E-state index contributed by atoms with van der Waals surface area (Å²) in [6, 6.07) is 4.77. The molecule has 0 saturated carbocycles. The molecule has 0 atom stereocenters. The van der Waals surface area contributed by atoms with Gasteiger partial charge in [-0.25, -0.2) is 9.59 Å². The Morgan fingerprint density at radius 2 is 1.81 bits per heavy atom. The number of carbonyl (C=O) groups excluding carboxylic acids is 3. The van der Waals surface area contributed by atoms with Crippen LogP contribution in [-0.2, 0) is 14.3 Å². The first-order valence-electron chi connectivity index (χ1n) is 8.77. The molecule has 0 spiro atoms. The number of carbonyl (C=O) groups is 3. The summed E-state index contributed by atoms with van der Waals surface area (Å²) in [6.45, 7) is 4.37. The lowest BCUT2D eigenvalue weighted by Crippen LogP contribution is -2.50. The van der Waals surface area contributed by atoms with Gasteiger partial charge >= 0.3 is 12.1 Å². The molecule has 1 aromatic carbocycles. The monoisotopic (exact) mass is 397 g/mol. The number of nitrogens with zero attached hydrogens (tertiary/aromatic N) is 2. The van der Waals surface area contributed by atoms with E-state index in [1.54, 1.807) is 34.9 Å². The minimum atomic E-state index is -0.453. The summed E-state index contributed by atoms with van der Waals surface area (Å²) in [6.07, 6.45) is -0.0653. The molecule has 0 aliphatic carbocycles. The van der Waals surface area contributed by atoms with Gasteiger partial charge in [-0.1, -0.05) is 11.6 Å². The number of hydrogen-bond donors (Lipinski definition) is 1. The summed E-state index contributed by atoms with van der Waals surface area (Å²) < 4.78 is 9.65. The van der Waals surface area contributed by atoms with Crippen LogP contribution in [0, 0.1) is 0 Å². The van der Waals surface area contributed by atoms with Crippen LogP contribution in [0.5, 0.6) is 0 Å². The Hall–Kier alpha value is -2.48. The van der Waals surface area contributed by atoms with E-state index in [0.717, 1.165) is 0 Å². The lowest BCUT2D eigenvalue weighted by atomic mass is 10.2. The smallest absolute Gasteiger partial charge is 0.409 e. The van der Waals surface area contributed by atoms with Crippen LogP contribution in [0.2, 0.25) is 5.02 Å². The number of rotatable bonds is 6. The van der Waals surface area contributed by atoms with E-state index in [-0.39, 0.29) is 18.4 Å². The predicted octanol–water partition coefficient (Wildman–Crippen LogP) is 2.23. The van der Waals surface area contributed by atoms with E-state index in [2.05, 4.69) is 10.1 Å². The zero-order chi connectivity index (χ0) is 19.8. The highest BCUT2D eigenvalue weighted by Gasteiger charge is 2.24. The second kappa shape index (κ2) is 10.0. The first-order valence-corrected chi connectivity index (χ1v) is 9.15. The molecule has 0 unspecified atom stereocenters. The fourth-order valence-corrected chi connectivity index (χ4v) is 2.91. The number of amides is 2. The molecule has 1 aliphatic heterocycles. The van der Waals surface area contributed by atoms with Crippen molar-refractivity contribution < 1.29 is 23.9 Å². The molecule has 1 N–H and O–H groups in total. The summed E-state index contributed by atoms with van der Waals surface area (Å²) in [7, 11) is 1.31. The van der Waals surface area contributed by atoms with E-state index in [1.165, 1.54) is 7.11 Å². The van der Waals surface area contributed by atoms with Crippen molar-refractivity contribution in [2.75, 3.05) is 51.8 Å². The number of hydrogen-bond acceptors (Lipinski definition) is 6. The Balaban J connectivity index is 1.80. The molecule has 1 saturated heterocycles. The van der Waals surface area contributed by atoms with E-state index in [1.807, 2.05) is 0 Å². The summed E-state index contributed by atoms with van der Waals surface area (Å²) in [5.74, 6) is -0.462. The summed E-state index contributed by atoms with van der Waals surface area (Å²) in [5.41, 5.74) is 0.949. The second-order valence-corrected chi connectivity index (χ2v) is 6.34. The number of piperazine rings is 1. The minimum Gasteiger partial charge on any atom is -0.465 e. The van der Waals surface area contributed by atoms with Gasteiger partial charge in [0.15, 0.2) is 0 Å². The van der Waals surface area contributed by atoms with Gasteiger partial charge in [0.2, 0.25) is 5.91 Å². The third-order valence-electron chi connectivity index (χ3n) is 4.20. The number of benzene rings is 1. The van der Waals surface area contributed by atoms with Crippen molar-refractivity contribution in [2.24, 2.45) is 0 Å². The van der Waals surface area contributed by atoms with Crippen LogP contribution in [0.15, 0.2) is 18.2 Å². The van der Waals surface area contributed by atoms with Crippen LogP contribution >= 0.6 is 11.6 Å². The highest BCUT2D eigenvalue weighted by molar-refractivity contribution is 6.33. The average molecular weight is 398 g/mol. The van der Waals surface area contributed by atoms with E-state index < -0.39 is 5.97 Å². The molecule has 1 fully saturated rings. The zero-order valence-corrected chi connectivity index (χ0v) is 16.3. The van der Waals surface area contributed by atoms with Crippen molar-refractivity contribution >= 4 is 35.3 Å². The highest BCUT2D eigenvalue weighted by atomic mass is 35.5. The van der Waals surface area contributed by atoms with E-state index in [0.29, 0.717) is 55.6 Å². The topological polar surface area (TPSA) is 88.2 Å². The lowest BCUT2D eigenvalue weighted by molar-refractivity contribution is -0.132. The van der Waals surface area contributed by atoms with Crippen molar-refractivity contribution in [1.29, 1.82) is 0 Å². The maximum atomic E-state index is 12.3. The molecule has 1 aromatic rings. The fourth-order valence-electron chi connectivity index (χ4n) is 2.72. The van der Waals surface area contributed by atoms with Crippen molar-refractivity contribution in [1.82, 2.24) is 9.80 Å². The molecule has 27 heavy (non-hydrogen) atoms. The van der Waals surface area contributed by atoms with Gasteiger partial charge in [0.1, 0.15) is 0 Å². The lowest BCUT2D eigenvalue weighted by Gasteiger charge is -2.34. The molecule has 0 aromatic heterocycles. The molecular formula is C18H24ClN3O5. The zero-order valence-electron chi connectivity index (χ0n) is 15.5. The molecule has 2 rings (SSSR count). The SMILES string of the molecule is CCOC(=O)N1CCN(C(=O)CCNc2cc(C(=O)OC)ccc2Cl)CC1. The van der Waals surface area contributed by atoms with Crippen LogP contribution in [0.25, 0.3) is 0 Å². The maximum Gasteiger partial charge on any atom is 0.409 e. The Kier molecular flexibility index (Phi) is 7.72. The Labute approximate surface area is 163 Å². The van der Waals surface area contributed by atoms with Gasteiger partial charge in [0.05, 0.1) is 30.0 Å². The van der Waals surface area contributed by atoms with Crippen molar-refractivity contribution in [3.8, 4) is 0 Å². The molecule has 0 radical (unpaired) electrons. The van der Waals surface area contributed by atoms with Crippen LogP contribution < -0.4 is 5.32 Å². The Morgan fingerprint density at radius 3 is 2.44 bits per heavy atom. The number of esters is 1. The third-order valence-corrected chi connectivity index (χ3v) is 4.53. The molecule has 0 bridgehead atoms. The predicted molar refractivity (Wildman–Crippen MR) is 101 cm³/mol. The van der Waals surface area contributed by atoms with Crippen molar-refractivity contribution in [3.05, 3.63) is 28.8 Å². The van der Waals surface area contributed by atoms with Crippen LogP contribution in [0.1, 0.15) is 23.7 Å². The molecule has 8 nitrogen and oxygen atoms in total. The molecule has 148 valence electrons. The quantitative estimate of drug-likeness (QED) is 0.740. The fraction of sp³-hybridized carbons (Fsp3) is 0.500. The Morgan fingerprint density at radius 1 is 1.15 bits per heavy atom. The van der Waals surface area contributed by atoms with Gasteiger partial charge in [-0.15, -0.1) is 0 Å². The Bertz CT molecular complexity index is 690. The summed E-state index contributed by atoms with van der Waals surface area (Å²) in [4.78, 5) is 38.9. The van der Waals surface area contributed by atoms with Gasteiger partial charge in [-0.05, 0) is 25.1 Å². The van der Waals surface area contributed by atoms with Crippen LogP contribution in [0.4, 0.5) is 10.5 Å². The third kappa shape index (κ3) is 5.75. The highest BCUT2D eigenvalue weighted by Crippen LogP contribution is 2.23. The van der Waals surface area contributed by atoms with Gasteiger partial charge in [-0.2, -0.15) is 0 Å².